The van der Waals surface area contributed by atoms with Crippen molar-refractivity contribution in [2.45, 2.75) is 248 Å². The van der Waals surface area contributed by atoms with E-state index in [2.05, 4.69) is 50.3 Å². The molecule has 2 aliphatic rings. The summed E-state index contributed by atoms with van der Waals surface area (Å²) < 4.78 is 33.5. The maximum Gasteiger partial charge on any atom is 0.306 e. The van der Waals surface area contributed by atoms with Crippen LogP contribution >= 0.6 is 0 Å². The molecule has 2 heterocycles. The number of allylic oxidation sites excluding steroid dienone is 6. The molecule has 0 aromatic heterocycles. The first-order chi connectivity index (χ1) is 32.0. The summed E-state index contributed by atoms with van der Waals surface area (Å²) in [6.07, 6.45) is 23.2. The van der Waals surface area contributed by atoms with Gasteiger partial charge in [0, 0.05) is 12.8 Å². The maximum absolute atomic E-state index is 13.0. The number of unbranched alkanes of at least 4 members (excludes halogenated alkanes) is 19. The van der Waals surface area contributed by atoms with Gasteiger partial charge in [-0.25, -0.2) is 0 Å². The molecule has 0 aromatic rings. The number of hydrogen-bond acceptors (Lipinski definition) is 15. The maximum atomic E-state index is 13.0. The number of carbonyl (C=O) groups excluding carboxylic acids is 2. The van der Waals surface area contributed by atoms with E-state index in [-0.39, 0.29) is 19.4 Å². The van der Waals surface area contributed by atoms with Gasteiger partial charge in [-0.15, -0.1) is 0 Å². The molecule has 2 rings (SSSR count). The molecule has 66 heavy (non-hydrogen) atoms. The highest BCUT2D eigenvalue weighted by atomic mass is 16.7. The summed E-state index contributed by atoms with van der Waals surface area (Å²) in [5.41, 5.74) is 0. The fourth-order valence-corrected chi connectivity index (χ4v) is 7.83. The van der Waals surface area contributed by atoms with Crippen molar-refractivity contribution in [1.29, 1.82) is 0 Å². The van der Waals surface area contributed by atoms with Crippen LogP contribution in [-0.4, -0.2) is 142 Å². The average Bonchev–Trinajstić information content (AvgIpc) is 3.31. The predicted molar refractivity (Wildman–Crippen MR) is 252 cm³/mol. The van der Waals surface area contributed by atoms with Crippen LogP contribution in [0, 0.1) is 0 Å². The molecule has 0 amide bonds. The number of esters is 2. The van der Waals surface area contributed by atoms with E-state index in [1.165, 1.54) is 96.3 Å². The van der Waals surface area contributed by atoms with Gasteiger partial charge in [0.05, 0.1) is 19.8 Å². The van der Waals surface area contributed by atoms with E-state index in [1.807, 2.05) is 0 Å². The fraction of sp³-hybridized carbons (Fsp3) is 0.843. The Labute approximate surface area is 395 Å². The lowest BCUT2D eigenvalue weighted by Gasteiger charge is -2.42. The third kappa shape index (κ3) is 26.5. The SMILES string of the molecule is CCCCCCCC/C=C/C/C=C/CCCCC(=O)OC[C@H](CO[C@@H]1O[C@H](CO[C@@H]2O[C@H](CO)[C@H](O)C(O)C2O)[C@H](O)C(O)C1O)OC(=O)CCCC/C=C/CCCCCCCCCCC. The Morgan fingerprint density at radius 2 is 0.909 bits per heavy atom. The van der Waals surface area contributed by atoms with Gasteiger partial charge in [-0.05, 0) is 70.6 Å². The van der Waals surface area contributed by atoms with Crippen molar-refractivity contribution in [2.24, 2.45) is 0 Å². The van der Waals surface area contributed by atoms with E-state index < -0.39 is 99.3 Å². The van der Waals surface area contributed by atoms with Gasteiger partial charge < -0.3 is 64.2 Å². The normalized spacial score (nSPS) is 26.4. The zero-order valence-electron chi connectivity index (χ0n) is 40.4. The molecular weight excluding hydrogens is 853 g/mol. The van der Waals surface area contributed by atoms with Crippen molar-refractivity contribution in [2.75, 3.05) is 26.4 Å². The summed E-state index contributed by atoms with van der Waals surface area (Å²) in [5, 5.41) is 72.0. The van der Waals surface area contributed by atoms with E-state index >= 15 is 0 Å². The zero-order valence-corrected chi connectivity index (χ0v) is 40.4. The van der Waals surface area contributed by atoms with Crippen molar-refractivity contribution in [3.8, 4) is 0 Å². The number of hydrogen-bond donors (Lipinski definition) is 7. The molecule has 0 spiro atoms. The Kier molecular flexibility index (Phi) is 35.0. The number of aliphatic hydroxyl groups is 7. The van der Waals surface area contributed by atoms with Crippen molar-refractivity contribution in [3.63, 3.8) is 0 Å². The second-order valence-corrected chi connectivity index (χ2v) is 18.0. The van der Waals surface area contributed by atoms with Crippen LogP contribution in [0.25, 0.3) is 0 Å². The first-order valence-electron chi connectivity index (χ1n) is 25.6. The second-order valence-electron chi connectivity index (χ2n) is 18.0. The molecule has 0 saturated carbocycles. The van der Waals surface area contributed by atoms with Crippen LogP contribution in [0.5, 0.6) is 0 Å². The predicted octanol–water partition coefficient (Wildman–Crippen LogP) is 6.93. The molecule has 0 aliphatic carbocycles. The molecule has 4 unspecified atom stereocenters. The molecule has 384 valence electrons. The summed E-state index contributed by atoms with van der Waals surface area (Å²) >= 11 is 0. The molecule has 2 fully saturated rings. The van der Waals surface area contributed by atoms with Crippen molar-refractivity contribution >= 4 is 11.9 Å². The minimum absolute atomic E-state index is 0.129. The van der Waals surface area contributed by atoms with E-state index in [9.17, 15) is 45.3 Å². The Balaban J connectivity index is 1.84. The largest absolute Gasteiger partial charge is 0.462 e. The fourth-order valence-electron chi connectivity index (χ4n) is 7.83. The summed E-state index contributed by atoms with van der Waals surface area (Å²) in [6.45, 7) is 2.52. The lowest BCUT2D eigenvalue weighted by Crippen LogP contribution is -2.61. The van der Waals surface area contributed by atoms with Crippen LogP contribution in [0.3, 0.4) is 0 Å². The second kappa shape index (κ2) is 38.6. The topological polar surface area (TPSA) is 231 Å². The van der Waals surface area contributed by atoms with Crippen LogP contribution in [0.4, 0.5) is 0 Å². The Morgan fingerprint density at radius 3 is 1.42 bits per heavy atom. The Bertz CT molecular complexity index is 1290. The van der Waals surface area contributed by atoms with Crippen LogP contribution < -0.4 is 0 Å². The highest BCUT2D eigenvalue weighted by molar-refractivity contribution is 5.70. The van der Waals surface area contributed by atoms with Gasteiger partial charge in [0.1, 0.15) is 55.4 Å². The van der Waals surface area contributed by atoms with Gasteiger partial charge in [0.2, 0.25) is 0 Å². The molecule has 15 heteroatoms. The first kappa shape index (κ1) is 59.8. The molecule has 2 aliphatic heterocycles. The Morgan fingerprint density at radius 1 is 0.485 bits per heavy atom. The number of aliphatic hydroxyl groups excluding tert-OH is 7. The standard InChI is InChI=1S/C51H90O15/c1-3-5-7-9-11-13-15-17-19-21-23-25-27-29-31-33-42(53)61-36-39(64-43(54)34-32-30-28-26-24-22-20-18-16-14-12-10-8-6-4-2)37-62-50-49(60)47(58)45(56)41(66-50)38-63-51-48(59)46(57)44(55)40(35-52)65-51/h17,19,23-26,39-41,44-52,55-60H,3-16,18,20-22,27-38H2,1-2H3/b19-17+,25-23+,26-24+/t39-,40-,41-,44+,45+,46?,47?,48?,49?,50-,51-/m1/s1. The van der Waals surface area contributed by atoms with E-state index in [0.29, 0.717) is 12.8 Å². The molecule has 2 saturated heterocycles. The van der Waals surface area contributed by atoms with Crippen molar-refractivity contribution < 1.29 is 73.8 Å². The van der Waals surface area contributed by atoms with Gasteiger partial charge in [-0.2, -0.15) is 0 Å². The molecule has 15 nitrogen and oxygen atoms in total. The number of ether oxygens (including phenoxy) is 6. The molecule has 7 N–H and O–H groups in total. The molecular formula is C51H90O15. The third-order valence-electron chi connectivity index (χ3n) is 12.1. The third-order valence-corrected chi connectivity index (χ3v) is 12.1. The summed E-state index contributed by atoms with van der Waals surface area (Å²) in [4.78, 5) is 25.7. The molecule has 0 aromatic carbocycles. The van der Waals surface area contributed by atoms with Gasteiger partial charge in [0.25, 0.3) is 0 Å². The first-order valence-corrected chi connectivity index (χ1v) is 25.6. The van der Waals surface area contributed by atoms with E-state index in [4.69, 9.17) is 28.4 Å². The van der Waals surface area contributed by atoms with Crippen LogP contribution in [0.2, 0.25) is 0 Å². The van der Waals surface area contributed by atoms with Crippen LogP contribution in [-0.2, 0) is 38.0 Å². The lowest BCUT2D eigenvalue weighted by molar-refractivity contribution is -0.332. The molecule has 11 atom stereocenters. The smallest absolute Gasteiger partial charge is 0.306 e. The molecule has 0 radical (unpaired) electrons. The van der Waals surface area contributed by atoms with Gasteiger partial charge >= 0.3 is 11.9 Å². The minimum atomic E-state index is -1.77. The van der Waals surface area contributed by atoms with E-state index in [1.54, 1.807) is 0 Å². The van der Waals surface area contributed by atoms with Crippen molar-refractivity contribution in [3.05, 3.63) is 36.5 Å². The summed E-state index contributed by atoms with van der Waals surface area (Å²) in [7, 11) is 0. The summed E-state index contributed by atoms with van der Waals surface area (Å²) in [6, 6.07) is 0. The highest BCUT2D eigenvalue weighted by Crippen LogP contribution is 2.26. The van der Waals surface area contributed by atoms with Crippen molar-refractivity contribution in [1.82, 2.24) is 0 Å². The summed E-state index contributed by atoms with van der Waals surface area (Å²) in [5.74, 6) is -0.988. The monoisotopic (exact) mass is 943 g/mol. The molecule has 0 bridgehead atoms. The lowest BCUT2D eigenvalue weighted by atomic mass is 9.98. The number of carbonyl (C=O) groups is 2. The minimum Gasteiger partial charge on any atom is -0.462 e. The number of rotatable bonds is 39. The zero-order chi connectivity index (χ0) is 48.2. The quantitative estimate of drug-likeness (QED) is 0.0188. The Hall–Kier alpha value is -2.28. The average molecular weight is 943 g/mol. The van der Waals surface area contributed by atoms with Crippen LogP contribution in [0.1, 0.15) is 181 Å². The van der Waals surface area contributed by atoms with E-state index in [0.717, 1.165) is 44.9 Å². The highest BCUT2D eigenvalue weighted by Gasteiger charge is 2.47. The van der Waals surface area contributed by atoms with Gasteiger partial charge in [0.15, 0.2) is 18.7 Å². The van der Waals surface area contributed by atoms with Gasteiger partial charge in [-0.1, -0.05) is 134 Å². The van der Waals surface area contributed by atoms with Crippen LogP contribution in [0.15, 0.2) is 36.5 Å². The van der Waals surface area contributed by atoms with Gasteiger partial charge in [-0.3, -0.25) is 9.59 Å².